The van der Waals surface area contributed by atoms with Crippen LogP contribution in [0.1, 0.15) is 67.8 Å². The summed E-state index contributed by atoms with van der Waals surface area (Å²) in [5.41, 5.74) is 20.8. The van der Waals surface area contributed by atoms with E-state index in [1.807, 2.05) is 12.2 Å². The topological polar surface area (TPSA) is 115 Å². The van der Waals surface area contributed by atoms with Crippen LogP contribution in [0, 0.1) is 0 Å². The number of hydrogen-bond acceptors (Lipinski definition) is 4. The molecule has 2 aromatic carbocycles. The zero-order chi connectivity index (χ0) is 41.0. The molecule has 0 saturated heterocycles. The van der Waals surface area contributed by atoms with Crippen LogP contribution in [0.15, 0.2) is 146 Å². The SMILES string of the molecule is C1=Cc2cc3cc(C(=C(c4ccccc4)c4cc5cc6nc(cc7ccc(cc8nc(cc4[nH]5)C=C8)[nH]7)C=C6)c4ccccc4)c(cc4nc(cc5ccc(cc1n2)[nH]5)C=C4)[nH]3. The quantitative estimate of drug-likeness (QED) is 0.133. The first kappa shape index (κ1) is 35.3. The van der Waals surface area contributed by atoms with E-state index in [1.54, 1.807) is 0 Å². The van der Waals surface area contributed by atoms with E-state index < -0.39 is 0 Å². The third-order valence-electron chi connectivity index (χ3n) is 11.3. The fourth-order valence-electron chi connectivity index (χ4n) is 8.53. The van der Waals surface area contributed by atoms with E-state index in [2.05, 4.69) is 202 Å². The van der Waals surface area contributed by atoms with Crippen LogP contribution in [0.25, 0.3) is 104 Å². The molecule has 292 valence electrons. The number of nitrogens with one attached hydrogen (secondary N) is 4. The lowest BCUT2D eigenvalue weighted by Crippen LogP contribution is -1.97. The monoisotopic (exact) mass is 796 g/mol. The van der Waals surface area contributed by atoms with Gasteiger partial charge in [0.1, 0.15) is 0 Å². The van der Waals surface area contributed by atoms with Crippen LogP contribution >= 0.6 is 0 Å². The van der Waals surface area contributed by atoms with Gasteiger partial charge >= 0.3 is 0 Å². The lowest BCUT2D eigenvalue weighted by atomic mass is 9.86. The molecule has 0 amide bonds. The zero-order valence-corrected chi connectivity index (χ0v) is 33.3. The summed E-state index contributed by atoms with van der Waals surface area (Å²) in [5, 5.41) is 0. The second-order valence-corrected chi connectivity index (χ2v) is 15.7. The molecule has 0 radical (unpaired) electrons. The molecular formula is C54H36N8. The normalized spacial score (nSPS) is 13.2. The molecule has 8 aromatic rings. The van der Waals surface area contributed by atoms with E-state index in [0.717, 1.165) is 123 Å². The third-order valence-corrected chi connectivity index (χ3v) is 11.3. The largest absolute Gasteiger partial charge is 0.355 e. The summed E-state index contributed by atoms with van der Waals surface area (Å²) in [5.74, 6) is 0. The van der Waals surface area contributed by atoms with E-state index in [9.17, 15) is 0 Å². The maximum atomic E-state index is 5.05. The summed E-state index contributed by atoms with van der Waals surface area (Å²) >= 11 is 0. The molecule has 0 atom stereocenters. The van der Waals surface area contributed by atoms with Gasteiger partial charge < -0.3 is 19.9 Å². The highest BCUT2D eigenvalue weighted by Gasteiger charge is 2.21. The summed E-state index contributed by atoms with van der Waals surface area (Å²) in [7, 11) is 0. The number of hydrogen-bond donors (Lipinski definition) is 4. The molecule has 10 heterocycles. The average molecular weight is 797 g/mol. The molecule has 8 heteroatoms. The van der Waals surface area contributed by atoms with Crippen molar-refractivity contribution in [2.75, 3.05) is 0 Å². The highest BCUT2D eigenvalue weighted by Crippen LogP contribution is 2.41. The summed E-state index contributed by atoms with van der Waals surface area (Å²) in [4.78, 5) is 34.6. The Hall–Kier alpha value is -8.62. The fourth-order valence-corrected chi connectivity index (χ4v) is 8.53. The minimum absolute atomic E-state index is 0.847. The molecule has 0 spiro atoms. The van der Waals surface area contributed by atoms with Crippen molar-refractivity contribution in [2.24, 2.45) is 0 Å². The van der Waals surface area contributed by atoms with Gasteiger partial charge in [0, 0.05) is 55.3 Å². The average Bonchev–Trinajstić information content (AvgIpc) is 4.14. The molecule has 62 heavy (non-hydrogen) atoms. The summed E-state index contributed by atoms with van der Waals surface area (Å²) < 4.78 is 0. The van der Waals surface area contributed by atoms with Crippen molar-refractivity contribution in [1.82, 2.24) is 39.9 Å². The van der Waals surface area contributed by atoms with Crippen LogP contribution in [0.3, 0.4) is 0 Å². The van der Waals surface area contributed by atoms with Crippen LogP contribution in [-0.4, -0.2) is 39.9 Å². The molecule has 4 aliphatic heterocycles. The van der Waals surface area contributed by atoms with Gasteiger partial charge in [-0.3, -0.25) is 0 Å². The van der Waals surface area contributed by atoms with Gasteiger partial charge in [-0.25, -0.2) is 19.9 Å². The molecule has 0 aliphatic carbocycles. The van der Waals surface area contributed by atoms with E-state index in [4.69, 9.17) is 19.9 Å². The first-order valence-electron chi connectivity index (χ1n) is 20.6. The predicted octanol–water partition coefficient (Wildman–Crippen LogP) is 12.6. The van der Waals surface area contributed by atoms with Crippen molar-refractivity contribution in [1.29, 1.82) is 0 Å². The number of rotatable bonds is 4. The summed E-state index contributed by atoms with van der Waals surface area (Å²) in [6.07, 6.45) is 16.5. The Morgan fingerprint density at radius 3 is 0.887 bits per heavy atom. The zero-order valence-electron chi connectivity index (χ0n) is 33.3. The van der Waals surface area contributed by atoms with Gasteiger partial charge in [-0.15, -0.1) is 0 Å². The van der Waals surface area contributed by atoms with Crippen LogP contribution < -0.4 is 0 Å². The maximum Gasteiger partial charge on any atom is 0.0658 e. The lowest BCUT2D eigenvalue weighted by molar-refractivity contribution is 1.31. The lowest BCUT2D eigenvalue weighted by Gasteiger charge is -2.17. The minimum atomic E-state index is 0.847. The van der Waals surface area contributed by atoms with Crippen molar-refractivity contribution in [3.05, 3.63) is 213 Å². The van der Waals surface area contributed by atoms with Gasteiger partial charge in [0.25, 0.3) is 0 Å². The number of aromatic amines is 4. The van der Waals surface area contributed by atoms with E-state index in [0.29, 0.717) is 0 Å². The van der Waals surface area contributed by atoms with Gasteiger partial charge in [-0.2, -0.15) is 0 Å². The molecule has 4 aliphatic rings. The Morgan fingerprint density at radius 2 is 0.565 bits per heavy atom. The molecule has 16 bridgehead atoms. The first-order chi connectivity index (χ1) is 30.6. The highest BCUT2D eigenvalue weighted by atomic mass is 14.8. The Bertz CT molecular complexity index is 3390. The van der Waals surface area contributed by atoms with Gasteiger partial charge in [0.05, 0.1) is 45.6 Å². The van der Waals surface area contributed by atoms with Crippen molar-refractivity contribution >= 4 is 104 Å². The van der Waals surface area contributed by atoms with Gasteiger partial charge in [-0.05, 0) is 156 Å². The van der Waals surface area contributed by atoms with Gasteiger partial charge in [-0.1, -0.05) is 60.7 Å². The molecular weight excluding hydrogens is 761 g/mol. The number of aromatic nitrogens is 8. The van der Waals surface area contributed by atoms with Crippen molar-refractivity contribution in [3.63, 3.8) is 0 Å². The second-order valence-electron chi connectivity index (χ2n) is 15.7. The standard InChI is InChI=1S/C54H36N8/c1-3-7-33(8-4-1)53(49-29-47-27-43-17-15-39(57-43)23-35-11-13-37(55-35)25-41-19-21-45(59-41)31-51(49)61-47)54(34-9-5-2-6-10-34)50-30-48-28-44-18-16-40(58-44)24-36-12-14-38(56-36)26-42-20-22-46(60-42)32-52(50)62-48/h1-32,55-56,61-62H. The molecule has 6 aromatic heterocycles. The Balaban J connectivity index is 1.20. The van der Waals surface area contributed by atoms with Crippen LogP contribution in [0.5, 0.6) is 0 Å². The molecule has 12 rings (SSSR count). The second kappa shape index (κ2) is 14.6. The Kier molecular flexibility index (Phi) is 8.31. The highest BCUT2D eigenvalue weighted by molar-refractivity contribution is 6.11. The third kappa shape index (κ3) is 6.91. The maximum absolute atomic E-state index is 5.05. The van der Waals surface area contributed by atoms with Gasteiger partial charge in [0.15, 0.2) is 0 Å². The van der Waals surface area contributed by atoms with Crippen molar-refractivity contribution in [3.8, 4) is 0 Å². The summed E-state index contributed by atoms with van der Waals surface area (Å²) in [6.45, 7) is 0. The fraction of sp³-hybridized carbons (Fsp3) is 0. The number of nitrogens with zero attached hydrogens (tertiary/aromatic N) is 4. The molecule has 0 fully saturated rings. The van der Waals surface area contributed by atoms with E-state index in [1.165, 1.54) is 0 Å². The molecule has 0 unspecified atom stereocenters. The molecule has 4 N–H and O–H groups in total. The van der Waals surface area contributed by atoms with Gasteiger partial charge in [0.2, 0.25) is 0 Å². The minimum Gasteiger partial charge on any atom is -0.355 e. The van der Waals surface area contributed by atoms with Crippen LogP contribution in [0.4, 0.5) is 0 Å². The predicted molar refractivity (Wildman–Crippen MR) is 256 cm³/mol. The van der Waals surface area contributed by atoms with Crippen LogP contribution in [-0.2, 0) is 0 Å². The number of fused-ring (bicyclic) bond motifs is 16. The molecule has 8 nitrogen and oxygen atoms in total. The number of H-pyrrole nitrogens is 4. The summed E-state index contributed by atoms with van der Waals surface area (Å²) in [6, 6.07) is 50.8. The number of benzene rings is 2. The van der Waals surface area contributed by atoms with Crippen molar-refractivity contribution in [2.45, 2.75) is 0 Å². The molecule has 0 saturated carbocycles. The first-order valence-corrected chi connectivity index (χ1v) is 20.6. The van der Waals surface area contributed by atoms with Crippen LogP contribution in [0.2, 0.25) is 0 Å². The Labute approximate surface area is 355 Å². The van der Waals surface area contributed by atoms with E-state index >= 15 is 0 Å². The Morgan fingerprint density at radius 1 is 0.274 bits per heavy atom. The van der Waals surface area contributed by atoms with E-state index in [-0.39, 0.29) is 0 Å². The van der Waals surface area contributed by atoms with Crippen molar-refractivity contribution < 1.29 is 0 Å². The smallest absolute Gasteiger partial charge is 0.0658 e.